The van der Waals surface area contributed by atoms with Crippen LogP contribution in [0.4, 0.5) is 4.39 Å². The molecule has 3 N–H and O–H groups in total. The zero-order valence-electron chi connectivity index (χ0n) is 6.99. The first-order valence-corrected chi connectivity index (χ1v) is 3.59. The Kier molecular flexibility index (Phi) is 2.29. The minimum atomic E-state index is -1.74. The Morgan fingerprint density at radius 2 is 2.38 bits per heavy atom. The number of nitrogens with zero attached hydrogens (tertiary/aromatic N) is 1. The molecule has 4 nitrogen and oxygen atoms in total. The third-order valence-corrected chi connectivity index (χ3v) is 1.76. The van der Waals surface area contributed by atoms with Crippen LogP contribution in [0.2, 0.25) is 0 Å². The number of rotatable bonds is 2. The first-order valence-electron chi connectivity index (χ1n) is 3.59. The van der Waals surface area contributed by atoms with Crippen LogP contribution in [0.15, 0.2) is 18.3 Å². The van der Waals surface area contributed by atoms with Crippen molar-refractivity contribution in [3.8, 4) is 0 Å². The maximum absolute atomic E-state index is 13.0. The van der Waals surface area contributed by atoms with E-state index in [9.17, 15) is 9.18 Å². The van der Waals surface area contributed by atoms with Crippen LogP contribution in [-0.2, 0) is 10.3 Å². The zero-order chi connectivity index (χ0) is 10.1. The fourth-order valence-corrected chi connectivity index (χ4v) is 0.889. The van der Waals surface area contributed by atoms with Crippen molar-refractivity contribution in [2.24, 2.45) is 5.73 Å². The van der Waals surface area contributed by atoms with Crippen LogP contribution in [0.5, 0.6) is 0 Å². The molecule has 0 radical (unpaired) electrons. The normalized spacial score (nSPS) is 15.0. The lowest BCUT2D eigenvalue weighted by atomic mass is 9.95. The summed E-state index contributed by atoms with van der Waals surface area (Å²) in [5, 5.41) is 8.70. The predicted octanol–water partition coefficient (Wildman–Crippen LogP) is 0.479. The van der Waals surface area contributed by atoms with E-state index in [0.717, 1.165) is 0 Å². The SMILES string of the molecule is C[C@](N)(C(=O)O)c1cccnc1F. The highest BCUT2D eigenvalue weighted by Crippen LogP contribution is 2.19. The number of carbonyl (C=O) groups is 1. The molecule has 0 spiro atoms. The van der Waals surface area contributed by atoms with Crippen molar-refractivity contribution in [3.63, 3.8) is 0 Å². The minimum absolute atomic E-state index is 0.123. The Labute approximate surface area is 74.2 Å². The molecule has 0 aromatic carbocycles. The number of hydrogen-bond acceptors (Lipinski definition) is 3. The van der Waals surface area contributed by atoms with Crippen molar-refractivity contribution in [1.82, 2.24) is 4.98 Å². The average Bonchev–Trinajstić information content (AvgIpc) is 2.04. The first kappa shape index (κ1) is 9.60. The molecular weight excluding hydrogens is 175 g/mol. The lowest BCUT2D eigenvalue weighted by molar-refractivity contribution is -0.143. The van der Waals surface area contributed by atoms with Crippen LogP contribution in [0.3, 0.4) is 0 Å². The first-order chi connectivity index (χ1) is 5.96. The summed E-state index contributed by atoms with van der Waals surface area (Å²) in [6, 6.07) is 2.74. The number of halogens is 1. The Hall–Kier alpha value is -1.49. The summed E-state index contributed by atoms with van der Waals surface area (Å²) in [6.07, 6.45) is 1.23. The molecule has 70 valence electrons. The van der Waals surface area contributed by atoms with Gasteiger partial charge in [-0.2, -0.15) is 4.39 Å². The van der Waals surface area contributed by atoms with E-state index in [1.165, 1.54) is 25.3 Å². The number of nitrogens with two attached hydrogens (primary N) is 1. The van der Waals surface area contributed by atoms with Gasteiger partial charge in [-0.3, -0.25) is 0 Å². The lowest BCUT2D eigenvalue weighted by Gasteiger charge is -2.19. The van der Waals surface area contributed by atoms with Crippen LogP contribution < -0.4 is 5.73 Å². The molecule has 1 heterocycles. The van der Waals surface area contributed by atoms with Crippen molar-refractivity contribution in [2.75, 3.05) is 0 Å². The molecule has 0 unspecified atom stereocenters. The highest BCUT2D eigenvalue weighted by Gasteiger charge is 2.33. The van der Waals surface area contributed by atoms with E-state index in [1.54, 1.807) is 0 Å². The maximum atomic E-state index is 13.0. The number of hydrogen-bond donors (Lipinski definition) is 2. The molecular formula is C8H9FN2O2. The van der Waals surface area contributed by atoms with Gasteiger partial charge in [0, 0.05) is 11.8 Å². The second-order valence-corrected chi connectivity index (χ2v) is 2.85. The molecule has 0 fully saturated rings. The Morgan fingerprint density at radius 1 is 1.77 bits per heavy atom. The van der Waals surface area contributed by atoms with E-state index in [4.69, 9.17) is 10.8 Å². The molecule has 0 aliphatic carbocycles. The number of aromatic nitrogens is 1. The molecule has 5 heteroatoms. The number of carboxylic acid groups (broad SMARTS) is 1. The summed E-state index contributed by atoms with van der Waals surface area (Å²) < 4.78 is 13.0. The minimum Gasteiger partial charge on any atom is -0.480 e. The van der Waals surface area contributed by atoms with Gasteiger partial charge in [-0.25, -0.2) is 9.78 Å². The largest absolute Gasteiger partial charge is 0.480 e. The highest BCUT2D eigenvalue weighted by molar-refractivity contribution is 5.79. The fourth-order valence-electron chi connectivity index (χ4n) is 0.889. The van der Waals surface area contributed by atoms with E-state index in [2.05, 4.69) is 4.98 Å². The van der Waals surface area contributed by atoms with E-state index in [0.29, 0.717) is 0 Å². The van der Waals surface area contributed by atoms with Crippen LogP contribution in [0.1, 0.15) is 12.5 Å². The molecule has 0 amide bonds. The van der Waals surface area contributed by atoms with E-state index in [-0.39, 0.29) is 5.56 Å². The highest BCUT2D eigenvalue weighted by atomic mass is 19.1. The van der Waals surface area contributed by atoms with Crippen LogP contribution in [0.25, 0.3) is 0 Å². The van der Waals surface area contributed by atoms with Crippen LogP contribution in [0, 0.1) is 5.95 Å². The third-order valence-electron chi connectivity index (χ3n) is 1.76. The summed E-state index contributed by atoms with van der Waals surface area (Å²) in [5.74, 6) is -2.14. The number of pyridine rings is 1. The van der Waals surface area contributed by atoms with Gasteiger partial charge in [-0.1, -0.05) is 6.07 Å². The molecule has 0 bridgehead atoms. The number of aliphatic carboxylic acids is 1. The number of carboxylic acids is 1. The van der Waals surface area contributed by atoms with Gasteiger partial charge in [0.1, 0.15) is 5.54 Å². The van der Waals surface area contributed by atoms with Crippen LogP contribution in [-0.4, -0.2) is 16.1 Å². The standard InChI is InChI=1S/C8H9FN2O2/c1-8(10,7(12)13)5-3-2-4-11-6(5)9/h2-4H,10H2,1H3,(H,12,13)/t8-/m1/s1. The molecule has 0 saturated carbocycles. The summed E-state index contributed by atoms with van der Waals surface area (Å²) in [4.78, 5) is 14.0. The van der Waals surface area contributed by atoms with Crippen molar-refractivity contribution < 1.29 is 14.3 Å². The lowest BCUT2D eigenvalue weighted by Crippen LogP contribution is -2.42. The van der Waals surface area contributed by atoms with Gasteiger partial charge in [-0.05, 0) is 13.0 Å². The van der Waals surface area contributed by atoms with Gasteiger partial charge in [-0.15, -0.1) is 0 Å². The van der Waals surface area contributed by atoms with Crippen molar-refractivity contribution >= 4 is 5.97 Å². The second-order valence-electron chi connectivity index (χ2n) is 2.85. The molecule has 0 aliphatic heterocycles. The Balaban J connectivity index is 3.22. The molecule has 1 aromatic rings. The van der Waals surface area contributed by atoms with Gasteiger partial charge in [0.15, 0.2) is 0 Å². The summed E-state index contributed by atoms with van der Waals surface area (Å²) in [5.41, 5.74) is 3.54. The van der Waals surface area contributed by atoms with Crippen molar-refractivity contribution in [3.05, 3.63) is 29.8 Å². The molecule has 0 saturated heterocycles. The topological polar surface area (TPSA) is 76.2 Å². The summed E-state index contributed by atoms with van der Waals surface area (Å²) >= 11 is 0. The van der Waals surface area contributed by atoms with E-state index < -0.39 is 17.5 Å². The Morgan fingerprint density at radius 3 is 2.85 bits per heavy atom. The van der Waals surface area contributed by atoms with Gasteiger partial charge < -0.3 is 10.8 Å². The monoisotopic (exact) mass is 184 g/mol. The third kappa shape index (κ3) is 1.65. The summed E-state index contributed by atoms with van der Waals surface area (Å²) in [7, 11) is 0. The van der Waals surface area contributed by atoms with Gasteiger partial charge >= 0.3 is 5.97 Å². The predicted molar refractivity (Wildman–Crippen MR) is 43.4 cm³/mol. The maximum Gasteiger partial charge on any atom is 0.328 e. The average molecular weight is 184 g/mol. The molecule has 13 heavy (non-hydrogen) atoms. The quantitative estimate of drug-likeness (QED) is 0.655. The van der Waals surface area contributed by atoms with Gasteiger partial charge in [0.25, 0.3) is 0 Å². The van der Waals surface area contributed by atoms with Crippen molar-refractivity contribution in [2.45, 2.75) is 12.5 Å². The van der Waals surface area contributed by atoms with Gasteiger partial charge in [0.2, 0.25) is 5.95 Å². The van der Waals surface area contributed by atoms with Gasteiger partial charge in [0.05, 0.1) is 0 Å². The zero-order valence-corrected chi connectivity index (χ0v) is 6.99. The van der Waals surface area contributed by atoms with Crippen molar-refractivity contribution in [1.29, 1.82) is 0 Å². The molecule has 1 aromatic heterocycles. The second kappa shape index (κ2) is 3.10. The Bertz CT molecular complexity index is 339. The van der Waals surface area contributed by atoms with Crippen LogP contribution >= 0.6 is 0 Å². The smallest absolute Gasteiger partial charge is 0.328 e. The van der Waals surface area contributed by atoms with E-state index in [1.807, 2.05) is 0 Å². The molecule has 1 atom stereocenters. The fraction of sp³-hybridized carbons (Fsp3) is 0.250. The summed E-state index contributed by atoms with van der Waals surface area (Å²) in [6.45, 7) is 1.22. The van der Waals surface area contributed by atoms with E-state index >= 15 is 0 Å². The molecule has 0 aliphatic rings. The molecule has 1 rings (SSSR count).